The third kappa shape index (κ3) is 3.17. The summed E-state index contributed by atoms with van der Waals surface area (Å²) in [6, 6.07) is 8.69. The predicted molar refractivity (Wildman–Crippen MR) is 98.9 cm³/mol. The normalized spacial score (nSPS) is 14.0. The number of benzene rings is 1. The van der Waals surface area contributed by atoms with E-state index in [1.54, 1.807) is 16.7 Å². The first-order chi connectivity index (χ1) is 12.0. The van der Waals surface area contributed by atoms with Crippen molar-refractivity contribution >= 4 is 40.3 Å². The Balaban J connectivity index is 1.70. The fourth-order valence-corrected chi connectivity index (χ4v) is 3.92. The summed E-state index contributed by atoms with van der Waals surface area (Å²) in [7, 11) is 0. The molecule has 1 aliphatic rings. The predicted octanol–water partition coefficient (Wildman–Crippen LogP) is 4.30. The molecule has 0 radical (unpaired) electrons. The number of Topliss-reactive ketones (excluding diaryl/α,β-unsaturated/α-hetero) is 1. The minimum absolute atomic E-state index is 0.154. The molecule has 25 heavy (non-hydrogen) atoms. The van der Waals surface area contributed by atoms with Gasteiger partial charge in [-0.05, 0) is 42.5 Å². The van der Waals surface area contributed by atoms with Crippen molar-refractivity contribution in [3.8, 4) is 10.7 Å². The SMILES string of the molecule is O=C(Cn1nc(-c2cccs2)n(C2CC2)c1=O)c1ccc(Cl)cc1Cl. The highest BCUT2D eigenvalue weighted by Crippen LogP contribution is 2.37. The lowest BCUT2D eigenvalue weighted by Crippen LogP contribution is -2.27. The molecule has 0 N–H and O–H groups in total. The van der Waals surface area contributed by atoms with Gasteiger partial charge in [-0.2, -0.15) is 0 Å². The van der Waals surface area contributed by atoms with Gasteiger partial charge in [-0.1, -0.05) is 29.3 Å². The van der Waals surface area contributed by atoms with Gasteiger partial charge in [-0.25, -0.2) is 9.48 Å². The van der Waals surface area contributed by atoms with Gasteiger partial charge in [0.2, 0.25) is 0 Å². The van der Waals surface area contributed by atoms with Crippen molar-refractivity contribution in [3.05, 3.63) is 61.8 Å². The number of ketones is 1. The second kappa shape index (κ2) is 6.44. The van der Waals surface area contributed by atoms with Crippen LogP contribution >= 0.6 is 34.5 Å². The number of thiophene rings is 1. The quantitative estimate of drug-likeness (QED) is 0.607. The Kier molecular flexibility index (Phi) is 4.27. The molecule has 0 unspecified atom stereocenters. The second-order valence-electron chi connectivity index (χ2n) is 5.89. The summed E-state index contributed by atoms with van der Waals surface area (Å²) in [6.07, 6.45) is 1.92. The average molecular weight is 394 g/mol. The molecule has 1 saturated carbocycles. The van der Waals surface area contributed by atoms with Gasteiger partial charge in [-0.3, -0.25) is 9.36 Å². The average Bonchev–Trinajstić information content (AvgIpc) is 3.15. The highest BCUT2D eigenvalue weighted by Gasteiger charge is 2.31. The van der Waals surface area contributed by atoms with Crippen LogP contribution in [-0.2, 0) is 6.54 Å². The number of carbonyl (C=O) groups excluding carboxylic acids is 1. The Hall–Kier alpha value is -1.89. The summed E-state index contributed by atoms with van der Waals surface area (Å²) in [5.74, 6) is 0.347. The second-order valence-corrected chi connectivity index (χ2v) is 7.68. The van der Waals surface area contributed by atoms with E-state index in [0.717, 1.165) is 17.7 Å². The first-order valence-electron chi connectivity index (χ1n) is 7.76. The van der Waals surface area contributed by atoms with Crippen LogP contribution < -0.4 is 5.69 Å². The zero-order chi connectivity index (χ0) is 17.6. The molecule has 1 fully saturated rings. The largest absolute Gasteiger partial charge is 0.346 e. The van der Waals surface area contributed by atoms with Crippen LogP contribution in [0, 0.1) is 0 Å². The fraction of sp³-hybridized carbons (Fsp3) is 0.235. The van der Waals surface area contributed by atoms with E-state index in [0.29, 0.717) is 16.4 Å². The van der Waals surface area contributed by atoms with Crippen molar-refractivity contribution in [3.63, 3.8) is 0 Å². The van der Waals surface area contributed by atoms with Gasteiger partial charge >= 0.3 is 5.69 Å². The number of halogens is 2. The van der Waals surface area contributed by atoms with E-state index in [4.69, 9.17) is 23.2 Å². The van der Waals surface area contributed by atoms with E-state index in [1.165, 1.54) is 22.1 Å². The van der Waals surface area contributed by atoms with Gasteiger partial charge in [-0.15, -0.1) is 16.4 Å². The van der Waals surface area contributed by atoms with E-state index in [9.17, 15) is 9.59 Å². The monoisotopic (exact) mass is 393 g/mol. The summed E-state index contributed by atoms with van der Waals surface area (Å²) < 4.78 is 2.92. The van der Waals surface area contributed by atoms with Crippen LogP contribution in [0.25, 0.3) is 10.7 Å². The van der Waals surface area contributed by atoms with Gasteiger partial charge in [0.05, 0.1) is 9.90 Å². The van der Waals surface area contributed by atoms with Crippen LogP contribution in [0.5, 0.6) is 0 Å². The number of hydrogen-bond donors (Lipinski definition) is 0. The van der Waals surface area contributed by atoms with Crippen LogP contribution in [0.15, 0.2) is 40.5 Å². The fourth-order valence-electron chi connectivity index (χ4n) is 2.70. The molecule has 8 heteroatoms. The maximum absolute atomic E-state index is 12.7. The van der Waals surface area contributed by atoms with Crippen molar-refractivity contribution in [2.45, 2.75) is 25.4 Å². The number of aromatic nitrogens is 3. The smallest absolute Gasteiger partial charge is 0.292 e. The molecular formula is C17H13Cl2N3O2S. The molecule has 5 nitrogen and oxygen atoms in total. The lowest BCUT2D eigenvalue weighted by atomic mass is 10.1. The standard InChI is InChI=1S/C17H13Cl2N3O2S/c18-10-3-6-12(13(19)8-10)14(23)9-21-17(24)22(11-4-5-11)16(20-21)15-2-1-7-25-15/h1-3,6-8,11H,4-5,9H2. The van der Waals surface area contributed by atoms with Crippen LogP contribution in [0.2, 0.25) is 10.0 Å². The van der Waals surface area contributed by atoms with Gasteiger partial charge in [0, 0.05) is 16.6 Å². The van der Waals surface area contributed by atoms with E-state index >= 15 is 0 Å². The first kappa shape index (κ1) is 16.6. The molecular weight excluding hydrogens is 381 g/mol. The van der Waals surface area contributed by atoms with Gasteiger partial charge in [0.1, 0.15) is 6.54 Å². The van der Waals surface area contributed by atoms with Crippen LogP contribution in [-0.4, -0.2) is 20.1 Å². The number of rotatable bonds is 5. The van der Waals surface area contributed by atoms with Crippen LogP contribution in [0.4, 0.5) is 0 Å². The van der Waals surface area contributed by atoms with Crippen LogP contribution in [0.3, 0.4) is 0 Å². The molecule has 0 saturated heterocycles. The molecule has 0 atom stereocenters. The van der Waals surface area contributed by atoms with Crippen molar-refractivity contribution in [2.24, 2.45) is 0 Å². The lowest BCUT2D eigenvalue weighted by Gasteiger charge is -2.03. The molecule has 2 heterocycles. The third-order valence-electron chi connectivity index (χ3n) is 4.05. The molecule has 1 aliphatic carbocycles. The highest BCUT2D eigenvalue weighted by atomic mass is 35.5. The van der Waals surface area contributed by atoms with Crippen LogP contribution in [0.1, 0.15) is 29.2 Å². The molecule has 4 rings (SSSR count). The maximum Gasteiger partial charge on any atom is 0.346 e. The molecule has 2 aromatic heterocycles. The minimum atomic E-state index is -0.276. The molecule has 1 aromatic carbocycles. The minimum Gasteiger partial charge on any atom is -0.292 e. The third-order valence-corrected chi connectivity index (χ3v) is 5.46. The Morgan fingerprint density at radius 1 is 1.28 bits per heavy atom. The molecule has 0 aliphatic heterocycles. The van der Waals surface area contributed by atoms with E-state index in [2.05, 4.69) is 5.10 Å². The molecule has 0 spiro atoms. The Bertz CT molecular complexity index is 1000. The summed E-state index contributed by atoms with van der Waals surface area (Å²) >= 11 is 13.5. The summed E-state index contributed by atoms with van der Waals surface area (Å²) in [5, 5.41) is 7.08. The Morgan fingerprint density at radius 2 is 2.08 bits per heavy atom. The summed E-state index contributed by atoms with van der Waals surface area (Å²) in [4.78, 5) is 26.2. The zero-order valence-corrected chi connectivity index (χ0v) is 15.3. The highest BCUT2D eigenvalue weighted by molar-refractivity contribution is 7.13. The lowest BCUT2D eigenvalue weighted by molar-refractivity contribution is 0.0966. The number of hydrogen-bond acceptors (Lipinski definition) is 4. The number of nitrogens with zero attached hydrogens (tertiary/aromatic N) is 3. The van der Waals surface area contributed by atoms with Crippen molar-refractivity contribution in [2.75, 3.05) is 0 Å². The molecule has 128 valence electrons. The van der Waals surface area contributed by atoms with Crippen molar-refractivity contribution in [1.29, 1.82) is 0 Å². The van der Waals surface area contributed by atoms with Gasteiger partial charge < -0.3 is 0 Å². The number of carbonyl (C=O) groups is 1. The van der Waals surface area contributed by atoms with Gasteiger partial charge in [0.15, 0.2) is 11.6 Å². The zero-order valence-electron chi connectivity index (χ0n) is 13.0. The Morgan fingerprint density at radius 3 is 2.72 bits per heavy atom. The molecule has 3 aromatic rings. The topological polar surface area (TPSA) is 56.9 Å². The molecule has 0 amide bonds. The van der Waals surface area contributed by atoms with Crippen molar-refractivity contribution < 1.29 is 4.79 Å². The summed E-state index contributed by atoms with van der Waals surface area (Å²) in [6.45, 7) is -0.154. The molecule has 0 bridgehead atoms. The van der Waals surface area contributed by atoms with E-state index in [-0.39, 0.29) is 29.1 Å². The summed E-state index contributed by atoms with van der Waals surface area (Å²) in [5.41, 5.74) is 0.0703. The van der Waals surface area contributed by atoms with Crippen molar-refractivity contribution in [1.82, 2.24) is 14.3 Å². The first-order valence-corrected chi connectivity index (χ1v) is 9.39. The van der Waals surface area contributed by atoms with E-state index in [1.807, 2.05) is 17.5 Å². The van der Waals surface area contributed by atoms with Gasteiger partial charge in [0.25, 0.3) is 0 Å². The van der Waals surface area contributed by atoms with E-state index < -0.39 is 0 Å². The Labute approximate surface area is 157 Å². The maximum atomic E-state index is 12.7.